The van der Waals surface area contributed by atoms with Crippen molar-refractivity contribution in [1.29, 1.82) is 0 Å². The van der Waals surface area contributed by atoms with Crippen LogP contribution in [0.25, 0.3) is 0 Å². The van der Waals surface area contributed by atoms with Crippen LogP contribution in [-0.2, 0) is 0 Å². The first-order valence-corrected chi connectivity index (χ1v) is 6.52. The van der Waals surface area contributed by atoms with Crippen LogP contribution >= 0.6 is 0 Å². The normalized spacial score (nSPS) is 19.7. The fourth-order valence-corrected chi connectivity index (χ4v) is 2.31. The fourth-order valence-electron chi connectivity index (χ4n) is 2.31. The summed E-state index contributed by atoms with van der Waals surface area (Å²) < 4.78 is 0. The van der Waals surface area contributed by atoms with Crippen molar-refractivity contribution < 1.29 is 0 Å². The molecule has 1 aromatic rings. The summed E-state index contributed by atoms with van der Waals surface area (Å²) >= 11 is 0. The molecule has 4 nitrogen and oxygen atoms in total. The van der Waals surface area contributed by atoms with E-state index in [9.17, 15) is 0 Å². The van der Waals surface area contributed by atoms with Crippen LogP contribution in [0.2, 0.25) is 0 Å². The zero-order chi connectivity index (χ0) is 12.3. The molecule has 0 aromatic carbocycles. The van der Waals surface area contributed by atoms with E-state index in [-0.39, 0.29) is 0 Å². The van der Waals surface area contributed by atoms with Gasteiger partial charge in [-0.05, 0) is 25.7 Å². The standard InChI is InChI=1S/C13H22N4/c1-4-6-14-12-11(3)13(16-9-15-12)17-7-5-10(2)8-17/h9-10H,4-8H2,1-3H3,(H,14,15,16). The van der Waals surface area contributed by atoms with Crippen molar-refractivity contribution in [3.8, 4) is 0 Å². The molecule has 1 aliphatic rings. The van der Waals surface area contributed by atoms with Gasteiger partial charge in [-0.15, -0.1) is 0 Å². The van der Waals surface area contributed by atoms with Crippen molar-refractivity contribution in [1.82, 2.24) is 9.97 Å². The Morgan fingerprint density at radius 1 is 1.47 bits per heavy atom. The van der Waals surface area contributed by atoms with Gasteiger partial charge in [0, 0.05) is 25.2 Å². The highest BCUT2D eigenvalue weighted by atomic mass is 15.2. The lowest BCUT2D eigenvalue weighted by Crippen LogP contribution is -2.22. The molecule has 1 aliphatic heterocycles. The molecule has 0 bridgehead atoms. The van der Waals surface area contributed by atoms with Gasteiger partial charge in [-0.1, -0.05) is 13.8 Å². The Bertz CT molecular complexity index is 378. The van der Waals surface area contributed by atoms with Crippen molar-refractivity contribution >= 4 is 11.6 Å². The predicted molar refractivity (Wildman–Crippen MR) is 71.5 cm³/mol. The van der Waals surface area contributed by atoms with E-state index in [0.29, 0.717) is 0 Å². The summed E-state index contributed by atoms with van der Waals surface area (Å²) in [6.45, 7) is 9.76. The highest BCUT2D eigenvalue weighted by Crippen LogP contribution is 2.27. The molecule has 0 aliphatic carbocycles. The third-order valence-corrected chi connectivity index (χ3v) is 3.32. The van der Waals surface area contributed by atoms with Gasteiger partial charge in [-0.2, -0.15) is 0 Å². The van der Waals surface area contributed by atoms with E-state index in [1.807, 2.05) is 0 Å². The second-order valence-electron chi connectivity index (χ2n) is 4.94. The summed E-state index contributed by atoms with van der Waals surface area (Å²) in [5, 5.41) is 3.36. The zero-order valence-corrected chi connectivity index (χ0v) is 11.0. The smallest absolute Gasteiger partial charge is 0.137 e. The van der Waals surface area contributed by atoms with Crippen LogP contribution in [0.5, 0.6) is 0 Å². The topological polar surface area (TPSA) is 41.1 Å². The highest BCUT2D eigenvalue weighted by molar-refractivity contribution is 5.58. The Morgan fingerprint density at radius 3 is 2.94 bits per heavy atom. The third-order valence-electron chi connectivity index (χ3n) is 3.32. The lowest BCUT2D eigenvalue weighted by molar-refractivity contribution is 0.658. The quantitative estimate of drug-likeness (QED) is 0.869. The Hall–Kier alpha value is -1.32. The summed E-state index contributed by atoms with van der Waals surface area (Å²) in [7, 11) is 0. The molecule has 0 spiro atoms. The van der Waals surface area contributed by atoms with Crippen molar-refractivity contribution in [2.75, 3.05) is 29.9 Å². The van der Waals surface area contributed by atoms with Gasteiger partial charge in [0.2, 0.25) is 0 Å². The number of hydrogen-bond donors (Lipinski definition) is 1. The zero-order valence-electron chi connectivity index (χ0n) is 11.0. The van der Waals surface area contributed by atoms with Crippen LogP contribution < -0.4 is 10.2 Å². The van der Waals surface area contributed by atoms with Crippen LogP contribution in [0.4, 0.5) is 11.6 Å². The average Bonchev–Trinajstić information content (AvgIpc) is 2.74. The molecule has 1 aromatic heterocycles. The van der Waals surface area contributed by atoms with E-state index in [1.165, 1.54) is 12.0 Å². The molecule has 2 heterocycles. The summed E-state index contributed by atoms with van der Waals surface area (Å²) in [6, 6.07) is 0. The number of anilines is 2. The third kappa shape index (κ3) is 2.68. The van der Waals surface area contributed by atoms with E-state index >= 15 is 0 Å². The molecule has 1 unspecified atom stereocenters. The second kappa shape index (κ2) is 5.34. The Balaban J connectivity index is 2.17. The van der Waals surface area contributed by atoms with Gasteiger partial charge in [0.25, 0.3) is 0 Å². The molecule has 0 saturated carbocycles. The molecule has 1 saturated heterocycles. The molecular weight excluding hydrogens is 212 g/mol. The molecule has 1 N–H and O–H groups in total. The highest BCUT2D eigenvalue weighted by Gasteiger charge is 2.22. The van der Waals surface area contributed by atoms with Gasteiger partial charge in [0.15, 0.2) is 0 Å². The maximum atomic E-state index is 4.44. The summed E-state index contributed by atoms with van der Waals surface area (Å²) in [4.78, 5) is 11.1. The molecule has 1 fully saturated rings. The number of hydrogen-bond acceptors (Lipinski definition) is 4. The minimum Gasteiger partial charge on any atom is -0.370 e. The van der Waals surface area contributed by atoms with Crippen LogP contribution in [0, 0.1) is 12.8 Å². The summed E-state index contributed by atoms with van der Waals surface area (Å²) in [6.07, 6.45) is 4.05. The van der Waals surface area contributed by atoms with Gasteiger partial charge in [0.1, 0.15) is 18.0 Å². The molecule has 0 amide bonds. The van der Waals surface area contributed by atoms with E-state index in [4.69, 9.17) is 0 Å². The van der Waals surface area contributed by atoms with Crippen LogP contribution in [-0.4, -0.2) is 29.6 Å². The van der Waals surface area contributed by atoms with Crippen LogP contribution in [0.3, 0.4) is 0 Å². The van der Waals surface area contributed by atoms with Crippen molar-refractivity contribution in [2.24, 2.45) is 5.92 Å². The van der Waals surface area contributed by atoms with E-state index in [2.05, 4.69) is 41.0 Å². The maximum absolute atomic E-state index is 4.44. The van der Waals surface area contributed by atoms with E-state index in [1.54, 1.807) is 6.33 Å². The number of nitrogens with one attached hydrogen (secondary N) is 1. The first-order valence-electron chi connectivity index (χ1n) is 6.52. The lowest BCUT2D eigenvalue weighted by atomic mass is 10.2. The van der Waals surface area contributed by atoms with E-state index < -0.39 is 0 Å². The van der Waals surface area contributed by atoms with Crippen molar-refractivity contribution in [2.45, 2.75) is 33.6 Å². The molecule has 4 heteroatoms. The molecule has 2 rings (SSSR count). The molecule has 0 radical (unpaired) electrons. The molecular formula is C13H22N4. The molecule has 94 valence electrons. The van der Waals surface area contributed by atoms with Crippen LogP contribution in [0.15, 0.2) is 6.33 Å². The van der Waals surface area contributed by atoms with Gasteiger partial charge < -0.3 is 10.2 Å². The monoisotopic (exact) mass is 234 g/mol. The Labute approximate surface area is 103 Å². The van der Waals surface area contributed by atoms with Crippen molar-refractivity contribution in [3.05, 3.63) is 11.9 Å². The van der Waals surface area contributed by atoms with Crippen LogP contribution in [0.1, 0.15) is 32.3 Å². The SMILES string of the molecule is CCCNc1ncnc(N2CCC(C)C2)c1C. The van der Waals surface area contributed by atoms with Gasteiger partial charge in [-0.3, -0.25) is 0 Å². The minimum absolute atomic E-state index is 0.774. The first kappa shape index (κ1) is 12.1. The average molecular weight is 234 g/mol. The summed E-state index contributed by atoms with van der Waals surface area (Å²) in [5.74, 6) is 2.86. The summed E-state index contributed by atoms with van der Waals surface area (Å²) in [5.41, 5.74) is 1.18. The Kier molecular flexibility index (Phi) is 3.82. The maximum Gasteiger partial charge on any atom is 0.137 e. The molecule has 1 atom stereocenters. The fraction of sp³-hybridized carbons (Fsp3) is 0.692. The predicted octanol–water partition coefficient (Wildman–Crippen LogP) is 2.45. The largest absolute Gasteiger partial charge is 0.370 e. The number of aromatic nitrogens is 2. The Morgan fingerprint density at radius 2 is 2.29 bits per heavy atom. The van der Waals surface area contributed by atoms with Gasteiger partial charge in [0.05, 0.1) is 0 Å². The van der Waals surface area contributed by atoms with Crippen molar-refractivity contribution in [3.63, 3.8) is 0 Å². The molecule has 17 heavy (non-hydrogen) atoms. The minimum atomic E-state index is 0.774. The van der Waals surface area contributed by atoms with E-state index in [0.717, 1.165) is 43.6 Å². The van der Waals surface area contributed by atoms with Gasteiger partial charge >= 0.3 is 0 Å². The lowest BCUT2D eigenvalue weighted by Gasteiger charge is -2.20. The second-order valence-corrected chi connectivity index (χ2v) is 4.94. The van der Waals surface area contributed by atoms with Gasteiger partial charge in [-0.25, -0.2) is 9.97 Å². The first-order chi connectivity index (χ1) is 8.22. The number of nitrogens with zero attached hydrogens (tertiary/aromatic N) is 3. The number of rotatable bonds is 4.